The SMILES string of the molecule is COCc1ccc(CNCCc2nc(C)cs2)cc1. The Labute approximate surface area is 118 Å². The van der Waals surface area contributed by atoms with E-state index >= 15 is 0 Å². The second kappa shape index (κ2) is 7.38. The van der Waals surface area contributed by atoms with Crippen LogP contribution in [-0.4, -0.2) is 18.6 Å². The van der Waals surface area contributed by atoms with Crippen LogP contribution in [0.2, 0.25) is 0 Å². The average molecular weight is 276 g/mol. The molecule has 0 aliphatic heterocycles. The minimum absolute atomic E-state index is 0.678. The van der Waals surface area contributed by atoms with Crippen molar-refractivity contribution in [2.75, 3.05) is 13.7 Å². The van der Waals surface area contributed by atoms with Gasteiger partial charge in [0.05, 0.1) is 11.6 Å². The van der Waals surface area contributed by atoms with Crippen LogP contribution in [0.25, 0.3) is 0 Å². The number of benzene rings is 1. The van der Waals surface area contributed by atoms with Gasteiger partial charge in [0, 0.05) is 37.7 Å². The number of hydrogen-bond donors (Lipinski definition) is 1. The number of rotatable bonds is 7. The highest BCUT2D eigenvalue weighted by Gasteiger charge is 1.99. The molecule has 0 saturated carbocycles. The fourth-order valence-corrected chi connectivity index (χ4v) is 2.64. The quantitative estimate of drug-likeness (QED) is 0.790. The van der Waals surface area contributed by atoms with Gasteiger partial charge < -0.3 is 10.1 Å². The normalized spacial score (nSPS) is 10.8. The van der Waals surface area contributed by atoms with E-state index in [1.165, 1.54) is 16.1 Å². The van der Waals surface area contributed by atoms with E-state index < -0.39 is 0 Å². The van der Waals surface area contributed by atoms with Crippen LogP contribution in [0.5, 0.6) is 0 Å². The van der Waals surface area contributed by atoms with Crippen LogP contribution >= 0.6 is 11.3 Å². The molecule has 0 spiro atoms. The maximum absolute atomic E-state index is 5.10. The zero-order valence-electron chi connectivity index (χ0n) is 11.5. The number of thiazole rings is 1. The Kier molecular flexibility index (Phi) is 5.51. The molecule has 0 radical (unpaired) electrons. The Morgan fingerprint density at radius 1 is 1.21 bits per heavy atom. The third-order valence-electron chi connectivity index (χ3n) is 2.85. The Morgan fingerprint density at radius 2 is 1.95 bits per heavy atom. The number of hydrogen-bond acceptors (Lipinski definition) is 4. The molecule has 102 valence electrons. The van der Waals surface area contributed by atoms with Gasteiger partial charge in [-0.15, -0.1) is 11.3 Å². The van der Waals surface area contributed by atoms with Crippen LogP contribution in [0.1, 0.15) is 21.8 Å². The highest BCUT2D eigenvalue weighted by atomic mass is 32.1. The van der Waals surface area contributed by atoms with Crippen molar-refractivity contribution in [1.82, 2.24) is 10.3 Å². The minimum Gasteiger partial charge on any atom is -0.380 e. The lowest BCUT2D eigenvalue weighted by molar-refractivity contribution is 0.185. The molecule has 4 heteroatoms. The first-order valence-electron chi connectivity index (χ1n) is 6.46. The lowest BCUT2D eigenvalue weighted by atomic mass is 10.1. The molecule has 2 rings (SSSR count). The van der Waals surface area contributed by atoms with Crippen molar-refractivity contribution in [3.05, 3.63) is 51.5 Å². The molecular formula is C15H20N2OS. The molecule has 1 aromatic heterocycles. The topological polar surface area (TPSA) is 34.1 Å². The Hall–Kier alpha value is -1.23. The van der Waals surface area contributed by atoms with Gasteiger partial charge in [-0.25, -0.2) is 4.98 Å². The summed E-state index contributed by atoms with van der Waals surface area (Å²) in [6.07, 6.45) is 1.00. The summed E-state index contributed by atoms with van der Waals surface area (Å²) in [6.45, 7) is 4.58. The zero-order chi connectivity index (χ0) is 13.5. The summed E-state index contributed by atoms with van der Waals surface area (Å²) in [7, 11) is 1.72. The molecule has 0 amide bonds. The van der Waals surface area contributed by atoms with Crippen LogP contribution in [0.15, 0.2) is 29.6 Å². The van der Waals surface area contributed by atoms with Gasteiger partial charge in [-0.1, -0.05) is 24.3 Å². The predicted octanol–water partition coefficient (Wildman–Crippen LogP) is 2.93. The lowest BCUT2D eigenvalue weighted by Gasteiger charge is -2.05. The number of ether oxygens (including phenoxy) is 1. The van der Waals surface area contributed by atoms with E-state index in [2.05, 4.69) is 39.9 Å². The van der Waals surface area contributed by atoms with Gasteiger partial charge in [-0.05, 0) is 18.1 Å². The van der Waals surface area contributed by atoms with E-state index in [9.17, 15) is 0 Å². The van der Waals surface area contributed by atoms with Crippen molar-refractivity contribution in [3.63, 3.8) is 0 Å². The molecule has 0 bridgehead atoms. The molecule has 3 nitrogen and oxygen atoms in total. The second-order valence-electron chi connectivity index (χ2n) is 4.56. The summed E-state index contributed by atoms with van der Waals surface area (Å²) in [5.41, 5.74) is 3.63. The molecular weight excluding hydrogens is 256 g/mol. The fraction of sp³-hybridized carbons (Fsp3) is 0.400. The second-order valence-corrected chi connectivity index (χ2v) is 5.50. The van der Waals surface area contributed by atoms with Gasteiger partial charge in [0.25, 0.3) is 0 Å². The first kappa shape index (κ1) is 14.2. The molecule has 0 unspecified atom stereocenters. The largest absolute Gasteiger partial charge is 0.380 e. The monoisotopic (exact) mass is 276 g/mol. The van der Waals surface area contributed by atoms with Crippen LogP contribution in [0, 0.1) is 6.92 Å². The summed E-state index contributed by atoms with van der Waals surface area (Å²) < 4.78 is 5.10. The van der Waals surface area contributed by atoms with Gasteiger partial charge in [-0.2, -0.15) is 0 Å². The van der Waals surface area contributed by atoms with E-state index in [1.807, 2.05) is 6.92 Å². The average Bonchev–Trinajstić information content (AvgIpc) is 2.83. The van der Waals surface area contributed by atoms with Crippen LogP contribution in [0.4, 0.5) is 0 Å². The van der Waals surface area contributed by atoms with Gasteiger partial charge in [-0.3, -0.25) is 0 Å². The van der Waals surface area contributed by atoms with E-state index in [0.717, 1.165) is 25.2 Å². The molecule has 0 aliphatic rings. The smallest absolute Gasteiger partial charge is 0.0940 e. The van der Waals surface area contributed by atoms with E-state index in [0.29, 0.717) is 6.61 Å². The summed E-state index contributed by atoms with van der Waals surface area (Å²) in [6, 6.07) is 8.53. The van der Waals surface area contributed by atoms with Crippen LogP contribution in [-0.2, 0) is 24.3 Å². The standard InChI is InChI=1S/C15H20N2OS/c1-12-11-19-15(17-12)7-8-16-9-13-3-5-14(6-4-13)10-18-2/h3-6,11,16H,7-10H2,1-2H3. The Balaban J connectivity index is 1.70. The van der Waals surface area contributed by atoms with Gasteiger partial charge in [0.15, 0.2) is 0 Å². The molecule has 1 aromatic carbocycles. The first-order chi connectivity index (χ1) is 9.28. The minimum atomic E-state index is 0.678. The highest BCUT2D eigenvalue weighted by Crippen LogP contribution is 2.09. The van der Waals surface area contributed by atoms with E-state index in [4.69, 9.17) is 4.74 Å². The first-order valence-corrected chi connectivity index (χ1v) is 7.34. The number of aryl methyl sites for hydroxylation is 1. The van der Waals surface area contributed by atoms with Gasteiger partial charge >= 0.3 is 0 Å². The number of nitrogens with zero attached hydrogens (tertiary/aromatic N) is 1. The zero-order valence-corrected chi connectivity index (χ0v) is 12.3. The number of nitrogens with one attached hydrogen (secondary N) is 1. The number of methoxy groups -OCH3 is 1. The Bertz CT molecular complexity index is 493. The van der Waals surface area contributed by atoms with E-state index in [1.54, 1.807) is 18.4 Å². The third kappa shape index (κ3) is 4.74. The molecule has 0 fully saturated rings. The molecule has 19 heavy (non-hydrogen) atoms. The predicted molar refractivity (Wildman–Crippen MR) is 79.4 cm³/mol. The summed E-state index contributed by atoms with van der Waals surface area (Å²) in [4.78, 5) is 4.45. The summed E-state index contributed by atoms with van der Waals surface area (Å²) in [5.74, 6) is 0. The van der Waals surface area contributed by atoms with Gasteiger partial charge in [0.2, 0.25) is 0 Å². The van der Waals surface area contributed by atoms with Crippen molar-refractivity contribution in [3.8, 4) is 0 Å². The maximum Gasteiger partial charge on any atom is 0.0940 e. The molecule has 0 atom stereocenters. The lowest BCUT2D eigenvalue weighted by Crippen LogP contribution is -2.16. The van der Waals surface area contributed by atoms with Crippen molar-refractivity contribution in [2.45, 2.75) is 26.5 Å². The van der Waals surface area contributed by atoms with Crippen LogP contribution in [0.3, 0.4) is 0 Å². The molecule has 1 N–H and O–H groups in total. The van der Waals surface area contributed by atoms with Crippen molar-refractivity contribution >= 4 is 11.3 Å². The van der Waals surface area contributed by atoms with Crippen molar-refractivity contribution in [2.24, 2.45) is 0 Å². The Morgan fingerprint density at radius 3 is 2.58 bits per heavy atom. The number of aromatic nitrogens is 1. The van der Waals surface area contributed by atoms with Gasteiger partial charge in [0.1, 0.15) is 0 Å². The molecule has 1 heterocycles. The summed E-state index contributed by atoms with van der Waals surface area (Å²) >= 11 is 1.74. The van der Waals surface area contributed by atoms with Crippen molar-refractivity contribution < 1.29 is 4.74 Å². The summed E-state index contributed by atoms with van der Waals surface area (Å²) in [5, 5.41) is 6.76. The molecule has 2 aromatic rings. The van der Waals surface area contributed by atoms with Crippen LogP contribution < -0.4 is 5.32 Å². The molecule has 0 aliphatic carbocycles. The third-order valence-corrected chi connectivity index (χ3v) is 3.87. The van der Waals surface area contributed by atoms with E-state index in [-0.39, 0.29) is 0 Å². The fourth-order valence-electron chi connectivity index (χ4n) is 1.87. The highest BCUT2D eigenvalue weighted by molar-refractivity contribution is 7.09. The molecule has 0 saturated heterocycles. The maximum atomic E-state index is 5.10. The van der Waals surface area contributed by atoms with Crippen molar-refractivity contribution in [1.29, 1.82) is 0 Å².